The van der Waals surface area contributed by atoms with Gasteiger partial charge in [0.2, 0.25) is 0 Å². The second kappa shape index (κ2) is 7.67. The standard InChI is InChI=1S/C16H14Cl3N5O2/c1-23-8-9(5-21-23)14(25)7-20-12-6-22-24(16(26)15(12)19)13-3-2-10(17)4-11(13)18/h2-6,8,14,20,25H,7H2,1H3. The molecule has 136 valence electrons. The van der Waals surface area contributed by atoms with E-state index in [1.54, 1.807) is 36.3 Å². The molecule has 0 spiro atoms. The van der Waals surface area contributed by atoms with Gasteiger partial charge in [-0.25, -0.2) is 0 Å². The van der Waals surface area contributed by atoms with Gasteiger partial charge in [0.05, 0.1) is 34.9 Å². The van der Waals surface area contributed by atoms with Crippen molar-refractivity contribution < 1.29 is 5.11 Å². The third kappa shape index (κ3) is 3.86. The number of hydrogen-bond acceptors (Lipinski definition) is 5. The summed E-state index contributed by atoms with van der Waals surface area (Å²) in [7, 11) is 1.76. The highest BCUT2D eigenvalue weighted by Crippen LogP contribution is 2.24. The summed E-state index contributed by atoms with van der Waals surface area (Å²) in [6.07, 6.45) is 3.84. The van der Waals surface area contributed by atoms with Crippen LogP contribution in [0.3, 0.4) is 0 Å². The Balaban J connectivity index is 1.82. The molecule has 0 fully saturated rings. The zero-order valence-corrected chi connectivity index (χ0v) is 15.8. The predicted molar refractivity (Wildman–Crippen MR) is 102 cm³/mol. The minimum absolute atomic E-state index is 0.0654. The Morgan fingerprint density at radius 2 is 2.00 bits per heavy atom. The molecule has 3 aromatic rings. The van der Waals surface area contributed by atoms with Gasteiger partial charge in [-0.3, -0.25) is 9.48 Å². The molecule has 0 saturated carbocycles. The van der Waals surface area contributed by atoms with E-state index in [1.807, 2.05) is 0 Å². The normalized spacial score (nSPS) is 12.2. The molecule has 0 saturated heterocycles. The van der Waals surface area contributed by atoms with Crippen molar-refractivity contribution in [2.75, 3.05) is 11.9 Å². The topological polar surface area (TPSA) is 85.0 Å². The van der Waals surface area contributed by atoms with E-state index in [0.29, 0.717) is 22.0 Å². The maximum absolute atomic E-state index is 12.5. The Kier molecular flexibility index (Phi) is 5.52. The molecule has 1 aromatic carbocycles. The van der Waals surface area contributed by atoms with E-state index in [-0.39, 0.29) is 16.6 Å². The van der Waals surface area contributed by atoms with Crippen LogP contribution in [0.5, 0.6) is 0 Å². The van der Waals surface area contributed by atoms with Crippen molar-refractivity contribution in [3.05, 3.63) is 67.8 Å². The minimum Gasteiger partial charge on any atom is -0.386 e. The number of nitrogens with zero attached hydrogens (tertiary/aromatic N) is 4. The molecule has 0 aliphatic heterocycles. The quantitative estimate of drug-likeness (QED) is 0.670. The number of aryl methyl sites for hydroxylation is 1. The fourth-order valence-corrected chi connectivity index (χ4v) is 3.00. The van der Waals surface area contributed by atoms with Gasteiger partial charge in [0.15, 0.2) is 0 Å². The van der Waals surface area contributed by atoms with Crippen molar-refractivity contribution in [1.29, 1.82) is 0 Å². The smallest absolute Gasteiger partial charge is 0.292 e. The van der Waals surface area contributed by atoms with Gasteiger partial charge in [-0.05, 0) is 18.2 Å². The Morgan fingerprint density at radius 1 is 1.23 bits per heavy atom. The van der Waals surface area contributed by atoms with Crippen LogP contribution in [0.15, 0.2) is 41.6 Å². The Hall–Kier alpha value is -2.06. The number of nitrogens with one attached hydrogen (secondary N) is 1. The van der Waals surface area contributed by atoms with Gasteiger partial charge < -0.3 is 10.4 Å². The molecule has 0 aliphatic carbocycles. The molecular weight excluding hydrogens is 401 g/mol. The van der Waals surface area contributed by atoms with Gasteiger partial charge in [0.1, 0.15) is 5.02 Å². The summed E-state index contributed by atoms with van der Waals surface area (Å²) >= 11 is 18.1. The molecule has 2 aromatic heterocycles. The molecule has 0 bridgehead atoms. The predicted octanol–water partition coefficient (Wildman–Crippen LogP) is 3.07. The lowest BCUT2D eigenvalue weighted by molar-refractivity contribution is 0.191. The number of rotatable bonds is 5. The van der Waals surface area contributed by atoms with Crippen molar-refractivity contribution in [2.45, 2.75) is 6.10 Å². The van der Waals surface area contributed by atoms with Crippen LogP contribution in [0, 0.1) is 0 Å². The number of benzene rings is 1. The first-order valence-electron chi connectivity index (χ1n) is 7.50. The average molecular weight is 415 g/mol. The first kappa shape index (κ1) is 18.7. The zero-order valence-electron chi connectivity index (χ0n) is 13.5. The van der Waals surface area contributed by atoms with Gasteiger partial charge in [-0.15, -0.1) is 0 Å². The fourth-order valence-electron chi connectivity index (χ4n) is 2.32. The molecule has 3 rings (SSSR count). The highest BCUT2D eigenvalue weighted by atomic mass is 35.5. The van der Waals surface area contributed by atoms with E-state index in [0.717, 1.165) is 4.68 Å². The van der Waals surface area contributed by atoms with Gasteiger partial charge in [0.25, 0.3) is 5.56 Å². The molecule has 26 heavy (non-hydrogen) atoms. The van der Waals surface area contributed by atoms with Crippen molar-refractivity contribution in [3.8, 4) is 5.69 Å². The van der Waals surface area contributed by atoms with E-state index >= 15 is 0 Å². The summed E-state index contributed by atoms with van der Waals surface area (Å²) in [6.45, 7) is 0.137. The van der Waals surface area contributed by atoms with Gasteiger partial charge in [-0.1, -0.05) is 34.8 Å². The van der Waals surface area contributed by atoms with Crippen molar-refractivity contribution >= 4 is 40.5 Å². The van der Waals surface area contributed by atoms with E-state index in [2.05, 4.69) is 15.5 Å². The Morgan fingerprint density at radius 3 is 2.65 bits per heavy atom. The molecule has 0 aliphatic rings. The van der Waals surface area contributed by atoms with Gasteiger partial charge in [-0.2, -0.15) is 14.9 Å². The van der Waals surface area contributed by atoms with Crippen LogP contribution >= 0.6 is 34.8 Å². The van der Waals surface area contributed by atoms with E-state index < -0.39 is 11.7 Å². The van der Waals surface area contributed by atoms with Gasteiger partial charge >= 0.3 is 0 Å². The molecule has 1 atom stereocenters. The number of halogens is 3. The summed E-state index contributed by atoms with van der Waals surface area (Å²) in [5.74, 6) is 0. The summed E-state index contributed by atoms with van der Waals surface area (Å²) in [4.78, 5) is 12.5. The van der Waals surface area contributed by atoms with Crippen LogP contribution in [0.4, 0.5) is 5.69 Å². The molecule has 0 amide bonds. The Bertz CT molecular complexity index is 1000. The molecule has 2 heterocycles. The number of aliphatic hydroxyl groups excluding tert-OH is 1. The molecule has 7 nitrogen and oxygen atoms in total. The molecule has 0 radical (unpaired) electrons. The van der Waals surface area contributed by atoms with Crippen molar-refractivity contribution in [2.24, 2.45) is 7.05 Å². The molecular formula is C16H14Cl3N5O2. The van der Waals surface area contributed by atoms with E-state index in [4.69, 9.17) is 34.8 Å². The molecule has 10 heteroatoms. The number of anilines is 1. The zero-order chi connectivity index (χ0) is 18.8. The first-order valence-corrected chi connectivity index (χ1v) is 8.64. The average Bonchev–Trinajstić information content (AvgIpc) is 3.03. The summed E-state index contributed by atoms with van der Waals surface area (Å²) in [5.41, 5.74) is 0.771. The lowest BCUT2D eigenvalue weighted by Gasteiger charge is -2.13. The van der Waals surface area contributed by atoms with Crippen molar-refractivity contribution in [3.63, 3.8) is 0 Å². The third-order valence-corrected chi connectivity index (χ3v) is 4.56. The van der Waals surface area contributed by atoms with Crippen LogP contribution in [-0.2, 0) is 7.05 Å². The number of hydrogen-bond donors (Lipinski definition) is 2. The molecule has 1 unspecified atom stereocenters. The minimum atomic E-state index is -0.812. The maximum atomic E-state index is 12.5. The second-order valence-electron chi connectivity index (χ2n) is 5.53. The Labute approximate surface area is 163 Å². The largest absolute Gasteiger partial charge is 0.386 e. The SMILES string of the molecule is Cn1cc(C(O)CNc2cnn(-c3ccc(Cl)cc3Cl)c(=O)c2Cl)cn1. The highest BCUT2D eigenvalue weighted by molar-refractivity contribution is 6.36. The first-order chi connectivity index (χ1) is 12.4. The lowest BCUT2D eigenvalue weighted by Crippen LogP contribution is -2.24. The van der Waals surface area contributed by atoms with Crippen LogP contribution in [-0.4, -0.2) is 31.2 Å². The van der Waals surface area contributed by atoms with Crippen LogP contribution in [0.2, 0.25) is 15.1 Å². The number of aromatic nitrogens is 4. The number of aliphatic hydroxyl groups is 1. The van der Waals surface area contributed by atoms with Crippen LogP contribution < -0.4 is 10.9 Å². The fraction of sp³-hybridized carbons (Fsp3) is 0.188. The second-order valence-corrected chi connectivity index (χ2v) is 6.75. The summed E-state index contributed by atoms with van der Waals surface area (Å²) in [6, 6.07) is 4.69. The van der Waals surface area contributed by atoms with Crippen molar-refractivity contribution in [1.82, 2.24) is 19.6 Å². The highest BCUT2D eigenvalue weighted by Gasteiger charge is 2.15. The summed E-state index contributed by atoms with van der Waals surface area (Å²) < 4.78 is 2.67. The third-order valence-electron chi connectivity index (χ3n) is 3.65. The lowest BCUT2D eigenvalue weighted by atomic mass is 10.2. The maximum Gasteiger partial charge on any atom is 0.292 e. The van der Waals surface area contributed by atoms with E-state index in [9.17, 15) is 9.90 Å². The van der Waals surface area contributed by atoms with Gasteiger partial charge in [0, 0.05) is 30.4 Å². The molecule has 2 N–H and O–H groups in total. The van der Waals surface area contributed by atoms with Crippen LogP contribution in [0.25, 0.3) is 5.69 Å². The van der Waals surface area contributed by atoms with Crippen LogP contribution in [0.1, 0.15) is 11.7 Å². The monoisotopic (exact) mass is 413 g/mol. The summed E-state index contributed by atoms with van der Waals surface area (Å²) in [5, 5.41) is 21.8. The van der Waals surface area contributed by atoms with E-state index in [1.165, 1.54) is 12.3 Å².